The monoisotopic (exact) mass is 491 g/mol. The quantitative estimate of drug-likeness (QED) is 0.518. The number of amides is 3. The lowest BCUT2D eigenvalue weighted by molar-refractivity contribution is -0.135. The molecule has 3 amide bonds. The summed E-state index contributed by atoms with van der Waals surface area (Å²) in [6.07, 6.45) is 1.77. The lowest BCUT2D eigenvalue weighted by atomic mass is 10.00. The largest absolute Gasteiger partial charge is 0.491 e. The summed E-state index contributed by atoms with van der Waals surface area (Å²) in [7, 11) is 0. The molecule has 33 heavy (non-hydrogen) atoms. The number of halogens is 1. The molecule has 1 aromatic carbocycles. The molecule has 8 heteroatoms. The highest BCUT2D eigenvalue weighted by atomic mass is 35.5. The summed E-state index contributed by atoms with van der Waals surface area (Å²) in [5.41, 5.74) is 2.08. The van der Waals surface area contributed by atoms with Gasteiger partial charge >= 0.3 is 6.03 Å². The van der Waals surface area contributed by atoms with Gasteiger partial charge in [-0.25, -0.2) is 4.79 Å². The van der Waals surface area contributed by atoms with E-state index in [0.717, 1.165) is 29.7 Å². The number of carbonyl (C=O) groups is 2. The molecule has 0 unspecified atom stereocenters. The molecule has 2 heterocycles. The van der Waals surface area contributed by atoms with E-state index in [2.05, 4.69) is 30.6 Å². The fraction of sp³-hybridized carbons (Fsp3) is 0.520. The third kappa shape index (κ3) is 6.42. The van der Waals surface area contributed by atoms with Crippen molar-refractivity contribution in [3.63, 3.8) is 0 Å². The number of carbonyl (C=O) groups excluding carboxylic acids is 2. The van der Waals surface area contributed by atoms with Gasteiger partial charge in [0.2, 0.25) is 5.91 Å². The van der Waals surface area contributed by atoms with Crippen LogP contribution in [0.25, 0.3) is 0 Å². The zero-order chi connectivity index (χ0) is 24.0. The lowest BCUT2D eigenvalue weighted by Crippen LogP contribution is -2.50. The summed E-state index contributed by atoms with van der Waals surface area (Å²) in [6.45, 7) is 10.1. The van der Waals surface area contributed by atoms with Gasteiger partial charge in [-0.2, -0.15) is 0 Å². The molecule has 0 aliphatic carbocycles. The predicted octanol–water partition coefficient (Wildman–Crippen LogP) is 5.29. The second kappa shape index (κ2) is 11.7. The van der Waals surface area contributed by atoms with E-state index in [-0.39, 0.29) is 24.5 Å². The van der Waals surface area contributed by atoms with Crippen LogP contribution >= 0.6 is 22.9 Å². The van der Waals surface area contributed by atoms with Gasteiger partial charge in [0.1, 0.15) is 18.9 Å². The Labute approximate surface area is 205 Å². The highest BCUT2D eigenvalue weighted by Gasteiger charge is 2.33. The maximum atomic E-state index is 13.5. The molecule has 0 saturated heterocycles. The van der Waals surface area contributed by atoms with Crippen LogP contribution in [0.4, 0.5) is 4.79 Å². The van der Waals surface area contributed by atoms with Crippen LogP contribution in [-0.4, -0.2) is 54.5 Å². The number of fused-ring (bicyclic) bond motifs is 1. The molecule has 180 valence electrons. The van der Waals surface area contributed by atoms with E-state index < -0.39 is 0 Å². The van der Waals surface area contributed by atoms with Crippen LogP contribution in [0, 0.1) is 12.8 Å². The average molecular weight is 492 g/mol. The van der Waals surface area contributed by atoms with E-state index >= 15 is 0 Å². The maximum absolute atomic E-state index is 13.5. The van der Waals surface area contributed by atoms with Crippen molar-refractivity contribution in [3.05, 3.63) is 50.7 Å². The molecule has 6 nitrogen and oxygen atoms in total. The number of hydrogen-bond donors (Lipinski definition) is 1. The van der Waals surface area contributed by atoms with E-state index in [9.17, 15) is 9.59 Å². The number of rotatable bonds is 9. The lowest BCUT2D eigenvalue weighted by Gasteiger charge is -2.37. The van der Waals surface area contributed by atoms with E-state index in [1.165, 1.54) is 4.88 Å². The Kier molecular flexibility index (Phi) is 9.03. The van der Waals surface area contributed by atoms with E-state index in [0.29, 0.717) is 37.2 Å². The summed E-state index contributed by atoms with van der Waals surface area (Å²) in [5, 5.41) is 5.61. The molecular formula is C25H34ClN3O3S. The van der Waals surface area contributed by atoms with E-state index in [1.54, 1.807) is 16.2 Å². The van der Waals surface area contributed by atoms with Crippen molar-refractivity contribution in [1.29, 1.82) is 0 Å². The van der Waals surface area contributed by atoms with Gasteiger partial charge in [-0.15, -0.1) is 11.3 Å². The Bertz CT molecular complexity index is 964. The van der Waals surface area contributed by atoms with Crippen molar-refractivity contribution >= 4 is 34.9 Å². The van der Waals surface area contributed by atoms with Crippen molar-refractivity contribution in [3.8, 4) is 5.75 Å². The molecule has 0 spiro atoms. The number of benzene rings is 1. The van der Waals surface area contributed by atoms with Crippen LogP contribution in [-0.2, 0) is 11.2 Å². The highest BCUT2D eigenvalue weighted by Crippen LogP contribution is 2.34. The van der Waals surface area contributed by atoms with Crippen LogP contribution in [0.3, 0.4) is 0 Å². The number of ether oxygens (including phenoxy) is 1. The van der Waals surface area contributed by atoms with Gasteiger partial charge in [0, 0.05) is 29.5 Å². The minimum Gasteiger partial charge on any atom is -0.491 e. The third-order valence-corrected chi connectivity index (χ3v) is 7.54. The second-order valence-electron chi connectivity index (χ2n) is 8.60. The molecule has 1 N–H and O–H groups in total. The SMILES string of the molecule is CCNC(=O)N(CC(=O)N1CCc2sccc2[C@@H]1COc1ccc(Cl)c(C)c1)C[C@H](C)CC. The van der Waals surface area contributed by atoms with Gasteiger partial charge < -0.3 is 19.9 Å². The van der Waals surface area contributed by atoms with Crippen molar-refractivity contribution < 1.29 is 14.3 Å². The predicted molar refractivity (Wildman–Crippen MR) is 134 cm³/mol. The molecule has 2 atom stereocenters. The van der Waals surface area contributed by atoms with Crippen LogP contribution in [0.1, 0.15) is 49.2 Å². The van der Waals surface area contributed by atoms with E-state index in [4.69, 9.17) is 16.3 Å². The zero-order valence-corrected chi connectivity index (χ0v) is 21.5. The van der Waals surface area contributed by atoms with Crippen molar-refractivity contribution in [1.82, 2.24) is 15.1 Å². The molecule has 0 saturated carbocycles. The average Bonchev–Trinajstić information content (AvgIpc) is 3.28. The summed E-state index contributed by atoms with van der Waals surface area (Å²) in [4.78, 5) is 30.9. The summed E-state index contributed by atoms with van der Waals surface area (Å²) in [5.74, 6) is 0.993. The van der Waals surface area contributed by atoms with Gasteiger partial charge in [-0.3, -0.25) is 4.79 Å². The Morgan fingerprint density at radius 1 is 1.33 bits per heavy atom. The van der Waals surface area contributed by atoms with Gasteiger partial charge in [0.05, 0.1) is 6.04 Å². The first kappa shape index (κ1) is 25.4. The topological polar surface area (TPSA) is 61.9 Å². The first-order chi connectivity index (χ1) is 15.8. The summed E-state index contributed by atoms with van der Waals surface area (Å²) >= 11 is 7.87. The Balaban J connectivity index is 1.77. The fourth-order valence-corrected chi connectivity index (χ4v) is 5.04. The van der Waals surface area contributed by atoms with Gasteiger partial charge in [0.25, 0.3) is 0 Å². The summed E-state index contributed by atoms with van der Waals surface area (Å²) < 4.78 is 6.12. The van der Waals surface area contributed by atoms with Crippen molar-refractivity contribution in [2.24, 2.45) is 5.92 Å². The first-order valence-electron chi connectivity index (χ1n) is 11.6. The first-order valence-corrected chi connectivity index (χ1v) is 12.9. The maximum Gasteiger partial charge on any atom is 0.317 e. The number of urea groups is 1. The third-order valence-electron chi connectivity index (χ3n) is 6.12. The Morgan fingerprint density at radius 3 is 2.82 bits per heavy atom. The number of nitrogens with zero attached hydrogens (tertiary/aromatic N) is 2. The normalized spacial score (nSPS) is 16.2. The van der Waals surface area contributed by atoms with Gasteiger partial charge in [-0.05, 0) is 67.0 Å². The summed E-state index contributed by atoms with van der Waals surface area (Å²) in [6, 6.07) is 7.29. The molecular weight excluding hydrogens is 458 g/mol. The molecule has 0 fully saturated rings. The smallest absolute Gasteiger partial charge is 0.317 e. The number of thiophene rings is 1. The Morgan fingerprint density at radius 2 is 2.12 bits per heavy atom. The Hall–Kier alpha value is -2.25. The van der Waals surface area contributed by atoms with Crippen LogP contribution < -0.4 is 10.1 Å². The minimum absolute atomic E-state index is 0.0534. The van der Waals surface area contributed by atoms with Crippen molar-refractivity contribution in [2.45, 2.75) is 46.6 Å². The van der Waals surface area contributed by atoms with Crippen LogP contribution in [0.2, 0.25) is 5.02 Å². The standard InChI is InChI=1S/C25H34ClN3O3S/c1-5-17(3)14-28(25(31)27-6-2)15-24(30)29-11-9-23-20(10-12-33-23)22(29)16-32-19-7-8-21(26)18(4)13-19/h7-8,10,12-13,17,22H,5-6,9,11,14-16H2,1-4H3,(H,27,31)/t17-,22+/m1/s1. The van der Waals surface area contributed by atoms with Gasteiger partial charge in [-0.1, -0.05) is 31.9 Å². The molecule has 0 radical (unpaired) electrons. The number of aryl methyl sites for hydroxylation is 1. The highest BCUT2D eigenvalue weighted by molar-refractivity contribution is 7.10. The van der Waals surface area contributed by atoms with E-state index in [1.807, 2.05) is 36.9 Å². The molecule has 0 bridgehead atoms. The number of nitrogens with one attached hydrogen (secondary N) is 1. The minimum atomic E-state index is -0.192. The van der Waals surface area contributed by atoms with Gasteiger partial charge in [0.15, 0.2) is 0 Å². The molecule has 1 aliphatic heterocycles. The number of hydrogen-bond acceptors (Lipinski definition) is 4. The molecule has 1 aromatic heterocycles. The van der Waals surface area contributed by atoms with Crippen LogP contribution in [0.15, 0.2) is 29.6 Å². The molecule has 1 aliphatic rings. The zero-order valence-electron chi connectivity index (χ0n) is 19.9. The van der Waals surface area contributed by atoms with Crippen LogP contribution in [0.5, 0.6) is 5.75 Å². The second-order valence-corrected chi connectivity index (χ2v) is 10.0. The fourth-order valence-electron chi connectivity index (χ4n) is 4.00. The molecule has 2 aromatic rings. The molecule has 3 rings (SSSR count). The van der Waals surface area contributed by atoms with Crippen molar-refractivity contribution in [2.75, 3.05) is 32.8 Å².